The lowest BCUT2D eigenvalue weighted by atomic mass is 10.1. The number of para-hydroxylation sites is 1. The monoisotopic (exact) mass is 392 g/mol. The van der Waals surface area contributed by atoms with Gasteiger partial charge in [0.2, 0.25) is 0 Å². The number of β-amino-alcohol motifs (C(OH)–C–C–N with tert-alkyl or cyclic N) is 1. The predicted molar refractivity (Wildman–Crippen MR) is 111 cm³/mol. The molecule has 0 aliphatic carbocycles. The topological polar surface area (TPSA) is 86.9 Å². The lowest BCUT2D eigenvalue weighted by Crippen LogP contribution is -2.42. The van der Waals surface area contributed by atoms with Crippen molar-refractivity contribution in [3.05, 3.63) is 75.8 Å². The zero-order valence-corrected chi connectivity index (χ0v) is 16.3. The van der Waals surface area contributed by atoms with Crippen LogP contribution in [0.1, 0.15) is 34.5 Å². The van der Waals surface area contributed by atoms with Crippen LogP contribution in [-0.2, 0) is 6.54 Å². The van der Waals surface area contributed by atoms with Gasteiger partial charge in [0.05, 0.1) is 23.9 Å². The zero-order valence-electron chi connectivity index (χ0n) is 16.3. The van der Waals surface area contributed by atoms with E-state index in [9.17, 15) is 14.7 Å². The van der Waals surface area contributed by atoms with Crippen LogP contribution in [0.4, 0.5) is 5.69 Å². The Labute approximate surface area is 168 Å². The normalized spacial score (nSPS) is 16.8. The van der Waals surface area contributed by atoms with Gasteiger partial charge in [-0.15, -0.1) is 0 Å². The molecule has 3 heterocycles. The molecule has 4 rings (SSSR count). The summed E-state index contributed by atoms with van der Waals surface area (Å²) in [5.41, 5.74) is 3.26. The van der Waals surface area contributed by atoms with E-state index < -0.39 is 6.10 Å². The third-order valence-corrected chi connectivity index (χ3v) is 5.24. The number of aromatic nitrogens is 2. The lowest BCUT2D eigenvalue weighted by Gasteiger charge is -2.30. The van der Waals surface area contributed by atoms with Gasteiger partial charge in [0.25, 0.3) is 11.5 Å². The van der Waals surface area contributed by atoms with Gasteiger partial charge >= 0.3 is 0 Å². The van der Waals surface area contributed by atoms with E-state index in [1.165, 1.54) is 10.5 Å². The first-order valence-electron chi connectivity index (χ1n) is 9.81. The summed E-state index contributed by atoms with van der Waals surface area (Å²) in [5, 5.41) is 13.1. The molecule has 0 bridgehead atoms. The molecule has 7 nitrogen and oxygen atoms in total. The number of anilines is 1. The molecule has 1 aliphatic heterocycles. The highest BCUT2D eigenvalue weighted by molar-refractivity contribution is 5.99. The van der Waals surface area contributed by atoms with Gasteiger partial charge in [-0.1, -0.05) is 18.2 Å². The fourth-order valence-electron chi connectivity index (χ4n) is 3.72. The molecule has 0 spiro atoms. The molecule has 1 atom stereocenters. The summed E-state index contributed by atoms with van der Waals surface area (Å²) in [6.07, 6.45) is 2.76. The number of likely N-dealkylation sites (tertiary alicyclic amines) is 1. The number of carbonyl (C=O) groups is 1. The number of aryl methyl sites for hydroxylation is 1. The van der Waals surface area contributed by atoms with Crippen molar-refractivity contribution in [2.45, 2.75) is 32.4 Å². The van der Waals surface area contributed by atoms with Crippen LogP contribution < -0.4 is 10.9 Å². The van der Waals surface area contributed by atoms with Crippen molar-refractivity contribution in [2.24, 2.45) is 0 Å². The predicted octanol–water partition coefficient (Wildman–Crippen LogP) is 2.21. The molecule has 0 radical (unpaired) electrons. The van der Waals surface area contributed by atoms with Crippen LogP contribution in [0.2, 0.25) is 0 Å². The van der Waals surface area contributed by atoms with E-state index in [1.807, 2.05) is 37.3 Å². The van der Waals surface area contributed by atoms with Crippen molar-refractivity contribution in [3.63, 3.8) is 0 Å². The van der Waals surface area contributed by atoms with Crippen LogP contribution in [0.5, 0.6) is 0 Å². The van der Waals surface area contributed by atoms with Gasteiger partial charge in [0.15, 0.2) is 0 Å². The quantitative estimate of drug-likeness (QED) is 0.711. The second kappa shape index (κ2) is 8.05. The van der Waals surface area contributed by atoms with E-state index in [1.54, 1.807) is 17.2 Å². The van der Waals surface area contributed by atoms with Gasteiger partial charge < -0.3 is 15.3 Å². The number of piperidine rings is 1. The number of hydrogen-bond donors (Lipinski definition) is 2. The average Bonchev–Trinajstić information content (AvgIpc) is 2.73. The van der Waals surface area contributed by atoms with E-state index in [0.29, 0.717) is 42.2 Å². The maximum Gasteiger partial charge on any atom is 0.258 e. The molecule has 2 aromatic heterocycles. The summed E-state index contributed by atoms with van der Waals surface area (Å²) in [4.78, 5) is 31.6. The highest BCUT2D eigenvalue weighted by atomic mass is 16.3. The summed E-state index contributed by atoms with van der Waals surface area (Å²) < 4.78 is 1.53. The van der Waals surface area contributed by atoms with Crippen molar-refractivity contribution in [1.29, 1.82) is 0 Å². The van der Waals surface area contributed by atoms with Crippen molar-refractivity contribution in [1.82, 2.24) is 14.3 Å². The first-order valence-corrected chi connectivity index (χ1v) is 9.81. The van der Waals surface area contributed by atoms with Crippen LogP contribution in [0, 0.1) is 6.92 Å². The minimum absolute atomic E-state index is 0.103. The minimum atomic E-state index is -0.467. The van der Waals surface area contributed by atoms with Crippen LogP contribution in [-0.4, -0.2) is 44.5 Å². The lowest BCUT2D eigenvalue weighted by molar-refractivity contribution is 0.0474. The van der Waals surface area contributed by atoms with E-state index in [-0.39, 0.29) is 11.5 Å². The Morgan fingerprint density at radius 1 is 1.28 bits per heavy atom. The largest absolute Gasteiger partial charge is 0.391 e. The molecule has 1 aromatic carbocycles. The number of pyridine rings is 1. The number of nitrogens with zero attached hydrogens (tertiary/aromatic N) is 3. The Morgan fingerprint density at radius 3 is 2.93 bits per heavy atom. The summed E-state index contributed by atoms with van der Waals surface area (Å²) >= 11 is 0. The van der Waals surface area contributed by atoms with Crippen molar-refractivity contribution in [2.75, 3.05) is 18.4 Å². The molecular weight excluding hydrogens is 368 g/mol. The second-order valence-electron chi connectivity index (χ2n) is 7.42. The molecule has 1 amide bonds. The van der Waals surface area contributed by atoms with Gasteiger partial charge in [-0.3, -0.25) is 14.0 Å². The molecular formula is C22H24N4O3. The number of rotatable bonds is 4. The van der Waals surface area contributed by atoms with Crippen LogP contribution in [0.3, 0.4) is 0 Å². The molecule has 0 saturated carbocycles. The van der Waals surface area contributed by atoms with E-state index in [4.69, 9.17) is 0 Å². The average molecular weight is 392 g/mol. The number of aliphatic hydroxyl groups excluding tert-OH is 1. The first-order chi connectivity index (χ1) is 14.0. The fraction of sp³-hybridized carbons (Fsp3) is 0.318. The summed E-state index contributed by atoms with van der Waals surface area (Å²) in [6.45, 7) is 3.24. The van der Waals surface area contributed by atoms with Gasteiger partial charge in [0, 0.05) is 31.0 Å². The Balaban J connectivity index is 1.57. The van der Waals surface area contributed by atoms with Crippen molar-refractivity contribution in [3.8, 4) is 0 Å². The SMILES string of the molecule is Cc1cccn2c(=O)cc(CNc3ccccc3C(=O)N3CCCC(O)C3)nc12. The number of hydrogen-bond acceptors (Lipinski definition) is 5. The smallest absolute Gasteiger partial charge is 0.258 e. The second-order valence-corrected chi connectivity index (χ2v) is 7.42. The Morgan fingerprint density at radius 2 is 2.10 bits per heavy atom. The maximum atomic E-state index is 13.0. The number of fused-ring (bicyclic) bond motifs is 1. The highest BCUT2D eigenvalue weighted by Gasteiger charge is 2.24. The van der Waals surface area contributed by atoms with E-state index >= 15 is 0 Å². The standard InChI is InChI=1S/C22H24N4O3/c1-15-6-4-11-26-20(28)12-16(24-21(15)26)13-23-19-9-3-2-8-18(19)22(29)25-10-5-7-17(27)14-25/h2-4,6,8-9,11-12,17,23,27H,5,7,10,13-14H2,1H3. The third kappa shape index (κ3) is 4.00. The molecule has 3 aromatic rings. The molecule has 150 valence electrons. The molecule has 1 saturated heterocycles. The van der Waals surface area contributed by atoms with Crippen LogP contribution >= 0.6 is 0 Å². The summed E-state index contributed by atoms with van der Waals surface area (Å²) in [7, 11) is 0. The van der Waals surface area contributed by atoms with Gasteiger partial charge in [-0.2, -0.15) is 0 Å². The minimum Gasteiger partial charge on any atom is -0.391 e. The molecule has 2 N–H and O–H groups in total. The number of nitrogens with one attached hydrogen (secondary N) is 1. The fourth-order valence-corrected chi connectivity index (χ4v) is 3.72. The van der Waals surface area contributed by atoms with E-state index in [2.05, 4.69) is 10.3 Å². The Bertz CT molecular complexity index is 1110. The number of benzene rings is 1. The van der Waals surface area contributed by atoms with Crippen molar-refractivity contribution < 1.29 is 9.90 Å². The van der Waals surface area contributed by atoms with Gasteiger partial charge in [0.1, 0.15) is 5.65 Å². The number of carbonyl (C=O) groups excluding carboxylic acids is 1. The third-order valence-electron chi connectivity index (χ3n) is 5.24. The highest BCUT2D eigenvalue weighted by Crippen LogP contribution is 2.21. The molecule has 1 aliphatic rings. The number of amides is 1. The van der Waals surface area contributed by atoms with Gasteiger partial charge in [-0.05, 0) is 43.5 Å². The van der Waals surface area contributed by atoms with Crippen molar-refractivity contribution >= 4 is 17.2 Å². The zero-order chi connectivity index (χ0) is 20.4. The summed E-state index contributed by atoms with van der Waals surface area (Å²) in [5.74, 6) is -0.103. The Hall–Kier alpha value is -3.19. The molecule has 7 heteroatoms. The summed E-state index contributed by atoms with van der Waals surface area (Å²) in [6, 6.07) is 12.5. The number of aliphatic hydroxyl groups is 1. The molecule has 29 heavy (non-hydrogen) atoms. The van der Waals surface area contributed by atoms with E-state index in [0.717, 1.165) is 18.4 Å². The molecule has 1 unspecified atom stereocenters. The van der Waals surface area contributed by atoms with Crippen LogP contribution in [0.25, 0.3) is 5.65 Å². The first kappa shape index (κ1) is 19.1. The molecule has 1 fully saturated rings. The maximum absolute atomic E-state index is 13.0. The van der Waals surface area contributed by atoms with Gasteiger partial charge in [-0.25, -0.2) is 4.98 Å². The van der Waals surface area contributed by atoms with Crippen LogP contribution in [0.15, 0.2) is 53.5 Å². The Kier molecular flexibility index (Phi) is 5.31.